The van der Waals surface area contributed by atoms with E-state index in [1.165, 1.54) is 27.7 Å². The molecule has 0 radical (unpaired) electrons. The van der Waals surface area contributed by atoms with Crippen molar-refractivity contribution in [3.63, 3.8) is 0 Å². The second kappa shape index (κ2) is 7.11. The van der Waals surface area contributed by atoms with Gasteiger partial charge in [0, 0.05) is 18.0 Å². The molecule has 0 atom stereocenters. The maximum absolute atomic E-state index is 12.7. The van der Waals surface area contributed by atoms with Crippen molar-refractivity contribution in [2.75, 3.05) is 0 Å². The smallest absolute Gasteiger partial charge is 0.290 e. The van der Waals surface area contributed by atoms with Gasteiger partial charge >= 0.3 is 11.9 Å². The highest BCUT2D eigenvalue weighted by Gasteiger charge is 2.39. The highest BCUT2D eigenvalue weighted by molar-refractivity contribution is 6.02. The predicted molar refractivity (Wildman–Crippen MR) is 107 cm³/mol. The Hall–Kier alpha value is -4.35. The number of carbonyl (C=O) groups is 1. The molecule has 0 bridgehead atoms. The Balaban J connectivity index is 1.54. The standard InChI is InChI=1S/C20H12F3N7O2/c21-20(22,23)16(31)12-3-4-14-13(6-12)26-10-30(14)18-25-8-15-17(27-18)28-19(32)29(15)9-11-2-1-5-24-7-11/h1-8,10H,9H2,(H,25,27,28,32). The number of hydrogen-bond donors (Lipinski definition) is 1. The Labute approximate surface area is 176 Å². The second-order valence-electron chi connectivity index (χ2n) is 6.93. The van der Waals surface area contributed by atoms with Gasteiger partial charge in [0.15, 0.2) is 5.65 Å². The zero-order valence-corrected chi connectivity index (χ0v) is 16.0. The van der Waals surface area contributed by atoms with Crippen molar-refractivity contribution >= 4 is 28.0 Å². The Morgan fingerprint density at radius 3 is 2.69 bits per heavy atom. The molecule has 4 aromatic heterocycles. The quantitative estimate of drug-likeness (QED) is 0.431. The Morgan fingerprint density at radius 1 is 1.09 bits per heavy atom. The molecule has 0 fully saturated rings. The summed E-state index contributed by atoms with van der Waals surface area (Å²) in [5.74, 6) is -1.79. The zero-order chi connectivity index (χ0) is 22.5. The number of nitrogens with zero attached hydrogens (tertiary/aromatic N) is 6. The van der Waals surface area contributed by atoms with E-state index in [0.29, 0.717) is 11.0 Å². The van der Waals surface area contributed by atoms with Gasteiger partial charge < -0.3 is 0 Å². The number of fused-ring (bicyclic) bond motifs is 2. The average Bonchev–Trinajstić information content (AvgIpc) is 3.33. The van der Waals surface area contributed by atoms with Crippen LogP contribution in [-0.2, 0) is 6.54 Å². The van der Waals surface area contributed by atoms with Crippen LogP contribution in [0.1, 0.15) is 15.9 Å². The molecule has 0 saturated heterocycles. The number of alkyl halides is 3. The van der Waals surface area contributed by atoms with Crippen LogP contribution in [0.2, 0.25) is 0 Å². The number of nitrogens with one attached hydrogen (secondary N) is 1. The van der Waals surface area contributed by atoms with Crippen molar-refractivity contribution in [3.05, 3.63) is 76.9 Å². The van der Waals surface area contributed by atoms with Crippen LogP contribution < -0.4 is 5.69 Å². The van der Waals surface area contributed by atoms with Crippen molar-refractivity contribution in [1.29, 1.82) is 0 Å². The molecule has 5 aromatic rings. The first kappa shape index (κ1) is 19.6. The monoisotopic (exact) mass is 439 g/mol. The first-order valence-electron chi connectivity index (χ1n) is 9.25. The van der Waals surface area contributed by atoms with Crippen LogP contribution in [0.3, 0.4) is 0 Å². The van der Waals surface area contributed by atoms with Gasteiger partial charge in [-0.05, 0) is 29.8 Å². The van der Waals surface area contributed by atoms with E-state index in [1.807, 2.05) is 6.07 Å². The molecule has 1 N–H and O–H groups in total. The molecule has 12 heteroatoms. The van der Waals surface area contributed by atoms with E-state index in [0.717, 1.165) is 17.7 Å². The molecule has 0 amide bonds. The highest BCUT2D eigenvalue weighted by atomic mass is 19.4. The van der Waals surface area contributed by atoms with Crippen molar-refractivity contribution in [2.45, 2.75) is 12.7 Å². The summed E-state index contributed by atoms with van der Waals surface area (Å²) in [6.07, 6.45) is 1.11. The lowest BCUT2D eigenvalue weighted by molar-refractivity contribution is -0.0885. The SMILES string of the molecule is O=C(c1ccc2c(c1)ncn2-c1ncc2c(n1)[nH]c(=O)n2Cc1cccnc1)C(F)(F)F. The summed E-state index contributed by atoms with van der Waals surface area (Å²) in [5, 5.41) is 0. The molecule has 160 valence electrons. The third-order valence-electron chi connectivity index (χ3n) is 4.86. The summed E-state index contributed by atoms with van der Waals surface area (Å²) in [6, 6.07) is 7.07. The Kier molecular flexibility index (Phi) is 4.36. The summed E-state index contributed by atoms with van der Waals surface area (Å²) in [4.78, 5) is 43.3. The summed E-state index contributed by atoms with van der Waals surface area (Å²) in [7, 11) is 0. The molecule has 0 aliphatic carbocycles. The van der Waals surface area contributed by atoms with E-state index in [9.17, 15) is 22.8 Å². The van der Waals surface area contributed by atoms with Gasteiger partial charge in [0.1, 0.15) is 11.8 Å². The summed E-state index contributed by atoms with van der Waals surface area (Å²) in [6.45, 7) is 0.277. The zero-order valence-electron chi connectivity index (χ0n) is 16.0. The fraction of sp³-hybridized carbons (Fsp3) is 0.100. The normalized spacial score (nSPS) is 12.0. The van der Waals surface area contributed by atoms with E-state index in [2.05, 4.69) is 24.9 Å². The van der Waals surface area contributed by atoms with Gasteiger partial charge in [0.05, 0.1) is 23.8 Å². The molecule has 0 spiro atoms. The number of H-pyrrole nitrogens is 1. The third-order valence-corrected chi connectivity index (χ3v) is 4.86. The second-order valence-corrected chi connectivity index (χ2v) is 6.93. The topological polar surface area (TPSA) is 111 Å². The van der Waals surface area contributed by atoms with Crippen LogP contribution in [-0.4, -0.2) is 46.0 Å². The van der Waals surface area contributed by atoms with Crippen molar-refractivity contribution in [1.82, 2.24) is 34.1 Å². The van der Waals surface area contributed by atoms with Gasteiger partial charge in [-0.2, -0.15) is 18.2 Å². The van der Waals surface area contributed by atoms with E-state index in [1.54, 1.807) is 18.5 Å². The number of benzene rings is 1. The van der Waals surface area contributed by atoms with E-state index >= 15 is 0 Å². The summed E-state index contributed by atoms with van der Waals surface area (Å²) < 4.78 is 41.0. The van der Waals surface area contributed by atoms with Gasteiger partial charge in [0.2, 0.25) is 5.95 Å². The van der Waals surface area contributed by atoms with Crippen LogP contribution >= 0.6 is 0 Å². The molecule has 1 aromatic carbocycles. The predicted octanol–water partition coefficient (Wildman–Crippen LogP) is 2.65. The van der Waals surface area contributed by atoms with Gasteiger partial charge in [0.25, 0.3) is 5.78 Å². The molecule has 9 nitrogen and oxygen atoms in total. The van der Waals surface area contributed by atoms with Crippen LogP contribution in [0.4, 0.5) is 13.2 Å². The summed E-state index contributed by atoms with van der Waals surface area (Å²) in [5.41, 5.74) is 1.28. The largest absolute Gasteiger partial charge is 0.454 e. The molecule has 0 aliphatic heterocycles. The first-order valence-corrected chi connectivity index (χ1v) is 9.25. The minimum Gasteiger partial charge on any atom is -0.290 e. The maximum atomic E-state index is 12.7. The number of rotatable bonds is 4. The average molecular weight is 439 g/mol. The number of halogens is 3. The number of pyridine rings is 1. The maximum Gasteiger partial charge on any atom is 0.454 e. The molecular weight excluding hydrogens is 427 g/mol. The molecule has 0 unspecified atom stereocenters. The van der Waals surface area contributed by atoms with Gasteiger partial charge in [-0.3, -0.25) is 23.9 Å². The van der Waals surface area contributed by atoms with Gasteiger partial charge in [-0.15, -0.1) is 0 Å². The Morgan fingerprint density at radius 2 is 1.94 bits per heavy atom. The molecule has 5 rings (SSSR count). The lowest BCUT2D eigenvalue weighted by Gasteiger charge is -2.06. The third kappa shape index (κ3) is 3.31. The lowest BCUT2D eigenvalue weighted by Crippen LogP contribution is -2.22. The molecular formula is C20H12F3N7O2. The van der Waals surface area contributed by atoms with Crippen molar-refractivity contribution < 1.29 is 18.0 Å². The number of aromatic amines is 1. The number of carbonyl (C=O) groups excluding carboxylic acids is 1. The highest BCUT2D eigenvalue weighted by Crippen LogP contribution is 2.24. The number of ketones is 1. The van der Waals surface area contributed by atoms with Crippen LogP contribution in [0.25, 0.3) is 28.1 Å². The van der Waals surface area contributed by atoms with Gasteiger partial charge in [-0.1, -0.05) is 6.07 Å². The number of aromatic nitrogens is 7. The number of Topliss-reactive ketones (excluding diaryl/α,β-unsaturated/α-hetero) is 1. The van der Waals surface area contributed by atoms with Crippen LogP contribution in [0, 0.1) is 0 Å². The van der Waals surface area contributed by atoms with E-state index in [-0.39, 0.29) is 29.3 Å². The molecule has 4 heterocycles. The fourth-order valence-corrected chi connectivity index (χ4v) is 3.36. The van der Waals surface area contributed by atoms with Crippen LogP contribution in [0.5, 0.6) is 0 Å². The van der Waals surface area contributed by atoms with Crippen LogP contribution in [0.15, 0.2) is 60.0 Å². The minimum atomic E-state index is -4.97. The number of hydrogen-bond acceptors (Lipinski definition) is 6. The summed E-state index contributed by atoms with van der Waals surface area (Å²) >= 11 is 0. The molecule has 0 saturated carbocycles. The lowest BCUT2D eigenvalue weighted by atomic mass is 10.1. The van der Waals surface area contributed by atoms with E-state index in [4.69, 9.17) is 0 Å². The molecule has 0 aliphatic rings. The van der Waals surface area contributed by atoms with E-state index < -0.39 is 17.5 Å². The number of imidazole rings is 2. The molecule has 32 heavy (non-hydrogen) atoms. The van der Waals surface area contributed by atoms with Gasteiger partial charge in [-0.25, -0.2) is 14.8 Å². The minimum absolute atomic E-state index is 0.157. The first-order chi connectivity index (χ1) is 15.3. The Bertz CT molecular complexity index is 1530. The fourth-order valence-electron chi connectivity index (χ4n) is 3.36. The van der Waals surface area contributed by atoms with Crippen molar-refractivity contribution in [3.8, 4) is 5.95 Å². The van der Waals surface area contributed by atoms with Crippen molar-refractivity contribution in [2.24, 2.45) is 0 Å².